The Labute approximate surface area is 170 Å². The third-order valence-corrected chi connectivity index (χ3v) is 4.51. The number of ether oxygens (including phenoxy) is 3. The normalized spacial score (nSPS) is 10.2. The van der Waals surface area contributed by atoms with Crippen LogP contribution in [0.15, 0.2) is 49.8 Å². The molecular formula is C17H13Br3O5. The summed E-state index contributed by atoms with van der Waals surface area (Å²) < 4.78 is 17.9. The van der Waals surface area contributed by atoms with Crippen LogP contribution in [-0.2, 0) is 9.53 Å². The Morgan fingerprint density at radius 1 is 0.960 bits per heavy atom. The highest BCUT2D eigenvalue weighted by Gasteiger charge is 2.17. The van der Waals surface area contributed by atoms with E-state index in [-0.39, 0.29) is 24.5 Å². The van der Waals surface area contributed by atoms with Crippen molar-refractivity contribution in [2.75, 3.05) is 13.2 Å². The Hall–Kier alpha value is -1.38. The van der Waals surface area contributed by atoms with E-state index in [1.54, 1.807) is 31.2 Å². The quantitative estimate of drug-likeness (QED) is 0.378. The average Bonchev–Trinajstić information content (AvgIpc) is 2.56. The van der Waals surface area contributed by atoms with Crippen molar-refractivity contribution in [3.63, 3.8) is 0 Å². The van der Waals surface area contributed by atoms with Crippen molar-refractivity contribution in [3.8, 4) is 11.5 Å². The summed E-state index contributed by atoms with van der Waals surface area (Å²) in [6.07, 6.45) is 0. The van der Waals surface area contributed by atoms with Crippen molar-refractivity contribution in [1.82, 2.24) is 0 Å². The molecule has 132 valence electrons. The summed E-state index contributed by atoms with van der Waals surface area (Å²) in [4.78, 5) is 24.0. The van der Waals surface area contributed by atoms with E-state index in [0.29, 0.717) is 14.7 Å². The molecule has 25 heavy (non-hydrogen) atoms. The minimum Gasteiger partial charge on any atom is -0.481 e. The zero-order valence-electron chi connectivity index (χ0n) is 13.1. The lowest BCUT2D eigenvalue weighted by atomic mass is 10.2. The Morgan fingerprint density at radius 3 is 2.24 bits per heavy atom. The summed E-state index contributed by atoms with van der Waals surface area (Å²) in [7, 11) is 0. The second kappa shape index (κ2) is 9.35. The second-order valence-electron chi connectivity index (χ2n) is 4.70. The van der Waals surface area contributed by atoms with Gasteiger partial charge in [-0.25, -0.2) is 9.59 Å². The SMILES string of the molecule is CCOC(=O)c1cc(Br)ccc1OC(=O)COc1ccc(Br)cc1Br. The Balaban J connectivity index is 2.06. The summed E-state index contributed by atoms with van der Waals surface area (Å²) in [5, 5.41) is 0. The highest BCUT2D eigenvalue weighted by molar-refractivity contribution is 9.11. The molecule has 0 atom stereocenters. The molecule has 2 aromatic carbocycles. The fraction of sp³-hybridized carbons (Fsp3) is 0.176. The number of hydrogen-bond acceptors (Lipinski definition) is 5. The standard InChI is InChI=1S/C17H13Br3O5/c1-2-23-17(22)12-7-10(18)3-5-14(12)25-16(21)9-24-15-6-4-11(19)8-13(15)20/h3-8H,2,9H2,1H3. The molecule has 0 aliphatic rings. The maximum Gasteiger partial charge on any atom is 0.349 e. The van der Waals surface area contributed by atoms with Crippen LogP contribution < -0.4 is 9.47 Å². The molecule has 0 amide bonds. The van der Waals surface area contributed by atoms with Gasteiger partial charge in [-0.3, -0.25) is 0 Å². The van der Waals surface area contributed by atoms with Crippen LogP contribution >= 0.6 is 47.8 Å². The van der Waals surface area contributed by atoms with Crippen LogP contribution in [-0.4, -0.2) is 25.2 Å². The van der Waals surface area contributed by atoms with Gasteiger partial charge in [-0.05, 0) is 59.3 Å². The van der Waals surface area contributed by atoms with E-state index in [2.05, 4.69) is 47.8 Å². The van der Waals surface area contributed by atoms with E-state index in [1.807, 2.05) is 0 Å². The third-order valence-electron chi connectivity index (χ3n) is 2.90. The Bertz CT molecular complexity index is 792. The minimum absolute atomic E-state index is 0.116. The van der Waals surface area contributed by atoms with Crippen molar-refractivity contribution in [2.45, 2.75) is 6.92 Å². The second-order valence-corrected chi connectivity index (χ2v) is 7.38. The van der Waals surface area contributed by atoms with Crippen molar-refractivity contribution in [3.05, 3.63) is 55.4 Å². The van der Waals surface area contributed by atoms with Gasteiger partial charge in [0.2, 0.25) is 0 Å². The van der Waals surface area contributed by atoms with Crippen LogP contribution in [0.25, 0.3) is 0 Å². The van der Waals surface area contributed by atoms with E-state index in [9.17, 15) is 9.59 Å². The van der Waals surface area contributed by atoms with Gasteiger partial charge in [0.15, 0.2) is 6.61 Å². The molecule has 0 radical (unpaired) electrons. The van der Waals surface area contributed by atoms with Crippen LogP contribution in [0.4, 0.5) is 0 Å². The van der Waals surface area contributed by atoms with Gasteiger partial charge >= 0.3 is 11.9 Å². The molecule has 0 unspecified atom stereocenters. The number of hydrogen-bond donors (Lipinski definition) is 0. The molecule has 2 rings (SSSR count). The van der Waals surface area contributed by atoms with Gasteiger partial charge in [-0.2, -0.15) is 0 Å². The van der Waals surface area contributed by atoms with E-state index in [0.717, 1.165) is 4.47 Å². The highest BCUT2D eigenvalue weighted by Crippen LogP contribution is 2.28. The first kappa shape index (κ1) is 19.9. The Kier molecular flexibility index (Phi) is 7.46. The Morgan fingerprint density at radius 2 is 1.60 bits per heavy atom. The zero-order chi connectivity index (χ0) is 18.4. The lowest BCUT2D eigenvalue weighted by molar-refractivity contribution is -0.136. The number of rotatable bonds is 6. The van der Waals surface area contributed by atoms with E-state index in [1.165, 1.54) is 12.1 Å². The van der Waals surface area contributed by atoms with Gasteiger partial charge in [-0.1, -0.05) is 31.9 Å². The van der Waals surface area contributed by atoms with Crippen LogP contribution in [0.5, 0.6) is 11.5 Å². The molecular weight excluding hydrogens is 524 g/mol. The molecule has 0 aliphatic heterocycles. The first-order chi connectivity index (χ1) is 11.9. The predicted molar refractivity (Wildman–Crippen MR) is 103 cm³/mol. The summed E-state index contributed by atoms with van der Waals surface area (Å²) in [6.45, 7) is 1.61. The molecule has 0 aliphatic carbocycles. The first-order valence-electron chi connectivity index (χ1n) is 7.16. The van der Waals surface area contributed by atoms with Crippen molar-refractivity contribution in [2.24, 2.45) is 0 Å². The van der Waals surface area contributed by atoms with Gasteiger partial charge in [0.1, 0.15) is 17.1 Å². The minimum atomic E-state index is -0.636. The van der Waals surface area contributed by atoms with Crippen LogP contribution in [0.1, 0.15) is 17.3 Å². The van der Waals surface area contributed by atoms with Crippen LogP contribution in [0, 0.1) is 0 Å². The number of benzene rings is 2. The molecule has 0 N–H and O–H groups in total. The monoisotopic (exact) mass is 534 g/mol. The highest BCUT2D eigenvalue weighted by atomic mass is 79.9. The van der Waals surface area contributed by atoms with Gasteiger partial charge < -0.3 is 14.2 Å². The molecule has 5 nitrogen and oxygen atoms in total. The average molecular weight is 537 g/mol. The summed E-state index contributed by atoms with van der Waals surface area (Å²) in [5.41, 5.74) is 0.161. The number of carbonyl (C=O) groups excluding carboxylic acids is 2. The lowest BCUT2D eigenvalue weighted by Gasteiger charge is -2.11. The maximum absolute atomic E-state index is 12.0. The molecule has 0 bridgehead atoms. The zero-order valence-corrected chi connectivity index (χ0v) is 17.8. The van der Waals surface area contributed by atoms with Gasteiger partial charge in [0, 0.05) is 8.95 Å². The van der Waals surface area contributed by atoms with E-state index >= 15 is 0 Å². The van der Waals surface area contributed by atoms with Crippen molar-refractivity contribution in [1.29, 1.82) is 0 Å². The molecule has 0 heterocycles. The van der Waals surface area contributed by atoms with Crippen LogP contribution in [0.3, 0.4) is 0 Å². The van der Waals surface area contributed by atoms with Gasteiger partial charge in [0.25, 0.3) is 0 Å². The number of halogens is 3. The van der Waals surface area contributed by atoms with Crippen molar-refractivity contribution >= 4 is 59.7 Å². The fourth-order valence-corrected chi connectivity index (χ4v) is 3.36. The van der Waals surface area contributed by atoms with Crippen molar-refractivity contribution < 1.29 is 23.8 Å². The van der Waals surface area contributed by atoms with E-state index < -0.39 is 11.9 Å². The fourth-order valence-electron chi connectivity index (χ4n) is 1.84. The number of esters is 2. The molecule has 0 saturated carbocycles. The van der Waals surface area contributed by atoms with Gasteiger partial charge in [-0.15, -0.1) is 0 Å². The van der Waals surface area contributed by atoms with Crippen LogP contribution in [0.2, 0.25) is 0 Å². The molecule has 0 saturated heterocycles. The molecule has 8 heteroatoms. The number of carbonyl (C=O) groups is 2. The molecule has 0 spiro atoms. The summed E-state index contributed by atoms with van der Waals surface area (Å²) in [5.74, 6) is -0.586. The van der Waals surface area contributed by atoms with Gasteiger partial charge in [0.05, 0.1) is 11.1 Å². The first-order valence-corrected chi connectivity index (χ1v) is 9.53. The maximum atomic E-state index is 12.0. The molecule has 0 fully saturated rings. The predicted octanol–water partition coefficient (Wildman–Crippen LogP) is 5.14. The molecule has 0 aromatic heterocycles. The topological polar surface area (TPSA) is 61.8 Å². The summed E-state index contributed by atoms with van der Waals surface area (Å²) in [6, 6.07) is 10.0. The van der Waals surface area contributed by atoms with E-state index in [4.69, 9.17) is 14.2 Å². The largest absolute Gasteiger partial charge is 0.481 e. The lowest BCUT2D eigenvalue weighted by Crippen LogP contribution is -2.19. The summed E-state index contributed by atoms with van der Waals surface area (Å²) >= 11 is 9.96. The third kappa shape index (κ3) is 5.83. The smallest absolute Gasteiger partial charge is 0.349 e. The molecule has 2 aromatic rings.